The van der Waals surface area contributed by atoms with Crippen molar-refractivity contribution >= 4 is 36.3 Å². The van der Waals surface area contributed by atoms with Crippen molar-refractivity contribution in [2.45, 2.75) is 44.4 Å². The number of carbonyl (C=O) groups excluding carboxylic acids is 3. The molecular formula is C20H30N4O7S. The third-order valence-electron chi connectivity index (χ3n) is 4.59. The molecule has 8 N–H and O–H groups in total. The number of aliphatic hydroxyl groups excluding tert-OH is 1. The van der Waals surface area contributed by atoms with Crippen molar-refractivity contribution in [1.29, 1.82) is 0 Å². The molecule has 0 saturated heterocycles. The summed E-state index contributed by atoms with van der Waals surface area (Å²) in [4.78, 5) is 48.9. The number of hydrogen-bond donors (Lipinski definition) is 8. The summed E-state index contributed by atoms with van der Waals surface area (Å²) in [6, 6.07) is 1.18. The van der Waals surface area contributed by atoms with Crippen LogP contribution in [0.5, 0.6) is 5.75 Å². The molecule has 178 valence electrons. The molecule has 0 aliphatic rings. The topological polar surface area (TPSA) is 191 Å². The second-order valence-corrected chi connectivity index (χ2v) is 7.90. The molecule has 0 spiro atoms. The highest BCUT2D eigenvalue weighted by Crippen LogP contribution is 2.12. The number of benzene rings is 1. The molecule has 4 unspecified atom stereocenters. The lowest BCUT2D eigenvalue weighted by atomic mass is 10.0. The van der Waals surface area contributed by atoms with Crippen molar-refractivity contribution in [2.24, 2.45) is 11.7 Å². The molecule has 4 atom stereocenters. The van der Waals surface area contributed by atoms with Crippen LogP contribution in [-0.2, 0) is 25.6 Å². The zero-order valence-corrected chi connectivity index (χ0v) is 18.7. The Morgan fingerprint density at radius 2 is 1.50 bits per heavy atom. The highest BCUT2D eigenvalue weighted by molar-refractivity contribution is 7.80. The molecular weight excluding hydrogens is 440 g/mol. The molecule has 1 aromatic rings. The van der Waals surface area contributed by atoms with Gasteiger partial charge in [-0.25, -0.2) is 4.79 Å². The molecule has 11 nitrogen and oxygen atoms in total. The zero-order chi connectivity index (χ0) is 24.4. The molecule has 32 heavy (non-hydrogen) atoms. The number of phenols is 1. The zero-order valence-electron chi connectivity index (χ0n) is 17.8. The molecule has 0 saturated carbocycles. The average molecular weight is 471 g/mol. The van der Waals surface area contributed by atoms with E-state index < -0.39 is 60.4 Å². The summed E-state index contributed by atoms with van der Waals surface area (Å²) in [5.74, 6) is -3.96. The number of thiol groups is 1. The lowest BCUT2D eigenvalue weighted by Gasteiger charge is -2.25. The van der Waals surface area contributed by atoms with Crippen LogP contribution in [0.25, 0.3) is 0 Å². The Hall–Kier alpha value is -2.83. The number of hydrogen-bond acceptors (Lipinski definition) is 8. The van der Waals surface area contributed by atoms with Crippen molar-refractivity contribution < 1.29 is 34.5 Å². The first-order chi connectivity index (χ1) is 15.0. The average Bonchev–Trinajstić information content (AvgIpc) is 2.75. The first-order valence-corrected chi connectivity index (χ1v) is 10.5. The summed E-state index contributed by atoms with van der Waals surface area (Å²) < 4.78 is 0. The molecule has 0 aromatic heterocycles. The third kappa shape index (κ3) is 8.36. The smallest absolute Gasteiger partial charge is 0.326 e. The highest BCUT2D eigenvalue weighted by Gasteiger charge is 2.30. The van der Waals surface area contributed by atoms with E-state index >= 15 is 0 Å². The summed E-state index contributed by atoms with van der Waals surface area (Å²) in [6.07, 6.45) is 0.000652. The van der Waals surface area contributed by atoms with Crippen LogP contribution >= 0.6 is 12.6 Å². The quantitative estimate of drug-likeness (QED) is 0.167. The highest BCUT2D eigenvalue weighted by atomic mass is 32.1. The number of rotatable bonds is 12. The van der Waals surface area contributed by atoms with Crippen LogP contribution in [-0.4, -0.2) is 75.5 Å². The van der Waals surface area contributed by atoms with Crippen LogP contribution in [0.4, 0.5) is 0 Å². The van der Waals surface area contributed by atoms with Crippen molar-refractivity contribution in [3.05, 3.63) is 29.8 Å². The van der Waals surface area contributed by atoms with E-state index in [9.17, 15) is 29.4 Å². The Morgan fingerprint density at radius 1 is 0.969 bits per heavy atom. The summed E-state index contributed by atoms with van der Waals surface area (Å²) in [6.45, 7) is 2.62. The normalized spacial score (nSPS) is 14.7. The maximum Gasteiger partial charge on any atom is 0.326 e. The number of phenolic OH excluding ortho intramolecular Hbond substituents is 1. The SMILES string of the molecule is CC(C)C(NC(=O)C(CS)NC(=O)C(Cc1ccc(O)cc1)NC(=O)C(N)CO)C(=O)O. The van der Waals surface area contributed by atoms with Crippen LogP contribution in [0.1, 0.15) is 19.4 Å². The number of amides is 3. The Bertz CT molecular complexity index is 804. The van der Waals surface area contributed by atoms with Crippen LogP contribution < -0.4 is 21.7 Å². The Balaban J connectivity index is 2.99. The maximum absolute atomic E-state index is 12.9. The number of aliphatic hydroxyl groups is 1. The van der Waals surface area contributed by atoms with Gasteiger partial charge >= 0.3 is 5.97 Å². The fourth-order valence-corrected chi connectivity index (χ4v) is 2.93. The van der Waals surface area contributed by atoms with Gasteiger partial charge in [0, 0.05) is 12.2 Å². The molecule has 1 aromatic carbocycles. The van der Waals surface area contributed by atoms with E-state index in [2.05, 4.69) is 28.6 Å². The van der Waals surface area contributed by atoms with E-state index in [-0.39, 0.29) is 17.9 Å². The van der Waals surface area contributed by atoms with Gasteiger partial charge in [0.2, 0.25) is 17.7 Å². The standard InChI is InChI=1S/C20H30N4O7S/c1-10(2)16(20(30)31)24-19(29)15(9-32)23-18(28)14(22-17(27)13(21)8-25)7-11-3-5-12(26)6-4-11/h3-6,10,13-16,25-26,32H,7-9,21H2,1-2H3,(H,22,27)(H,23,28)(H,24,29)(H,30,31). The number of nitrogens with two attached hydrogens (primary N) is 1. The largest absolute Gasteiger partial charge is 0.508 e. The van der Waals surface area contributed by atoms with Gasteiger partial charge in [-0.1, -0.05) is 26.0 Å². The minimum Gasteiger partial charge on any atom is -0.508 e. The number of aromatic hydroxyl groups is 1. The van der Waals surface area contributed by atoms with Gasteiger partial charge in [0.25, 0.3) is 0 Å². The Kier molecular flexibility index (Phi) is 11.0. The third-order valence-corrected chi connectivity index (χ3v) is 4.95. The predicted octanol–water partition coefficient (Wildman–Crippen LogP) is -1.62. The van der Waals surface area contributed by atoms with Crippen LogP contribution in [0.2, 0.25) is 0 Å². The molecule has 0 aliphatic heterocycles. The summed E-state index contributed by atoms with van der Waals surface area (Å²) in [7, 11) is 0. The molecule has 12 heteroatoms. The van der Waals surface area contributed by atoms with Crippen molar-refractivity contribution in [1.82, 2.24) is 16.0 Å². The Morgan fingerprint density at radius 3 is 1.97 bits per heavy atom. The van der Waals surface area contributed by atoms with Gasteiger partial charge in [-0.3, -0.25) is 14.4 Å². The van der Waals surface area contributed by atoms with Gasteiger partial charge in [-0.05, 0) is 23.6 Å². The molecule has 0 aliphatic carbocycles. The maximum atomic E-state index is 12.9. The summed E-state index contributed by atoms with van der Waals surface area (Å²) in [5.41, 5.74) is 6.10. The number of nitrogens with one attached hydrogen (secondary N) is 3. The number of carbonyl (C=O) groups is 4. The van der Waals surface area contributed by atoms with E-state index in [1.54, 1.807) is 26.0 Å². The predicted molar refractivity (Wildman–Crippen MR) is 119 cm³/mol. The summed E-state index contributed by atoms with van der Waals surface area (Å²) >= 11 is 4.06. The molecule has 0 heterocycles. The molecule has 0 bridgehead atoms. The van der Waals surface area contributed by atoms with E-state index in [4.69, 9.17) is 10.8 Å². The number of carboxylic acid groups (broad SMARTS) is 1. The van der Waals surface area contributed by atoms with Crippen LogP contribution in [0.3, 0.4) is 0 Å². The molecule has 0 fully saturated rings. The second-order valence-electron chi connectivity index (χ2n) is 7.53. The first kappa shape index (κ1) is 27.2. The second kappa shape index (κ2) is 12.9. The van der Waals surface area contributed by atoms with Gasteiger partial charge in [0.05, 0.1) is 6.61 Å². The van der Waals surface area contributed by atoms with Crippen molar-refractivity contribution in [2.75, 3.05) is 12.4 Å². The molecule has 1 rings (SSSR count). The van der Waals surface area contributed by atoms with Gasteiger partial charge in [-0.15, -0.1) is 0 Å². The Labute approximate surface area is 191 Å². The first-order valence-electron chi connectivity index (χ1n) is 9.89. The monoisotopic (exact) mass is 470 g/mol. The van der Waals surface area contributed by atoms with Gasteiger partial charge < -0.3 is 37.0 Å². The fourth-order valence-electron chi connectivity index (χ4n) is 2.67. The molecule has 0 radical (unpaired) electrons. The van der Waals surface area contributed by atoms with Gasteiger partial charge in [-0.2, -0.15) is 12.6 Å². The lowest BCUT2D eigenvalue weighted by molar-refractivity contribution is -0.143. The van der Waals surface area contributed by atoms with E-state index in [1.807, 2.05) is 0 Å². The van der Waals surface area contributed by atoms with E-state index in [0.29, 0.717) is 5.56 Å². The van der Waals surface area contributed by atoms with Crippen LogP contribution in [0.15, 0.2) is 24.3 Å². The van der Waals surface area contributed by atoms with Gasteiger partial charge in [0.1, 0.15) is 29.9 Å². The van der Waals surface area contributed by atoms with E-state index in [0.717, 1.165) is 0 Å². The number of carboxylic acids is 1. The summed E-state index contributed by atoms with van der Waals surface area (Å²) in [5, 5.41) is 35.0. The van der Waals surface area contributed by atoms with E-state index in [1.165, 1.54) is 12.1 Å². The fraction of sp³-hybridized carbons (Fsp3) is 0.500. The minimum atomic E-state index is -1.25. The van der Waals surface area contributed by atoms with Crippen LogP contribution in [0, 0.1) is 5.92 Å². The van der Waals surface area contributed by atoms with Crippen molar-refractivity contribution in [3.63, 3.8) is 0 Å². The minimum absolute atomic E-state index is 0.000652. The van der Waals surface area contributed by atoms with Gasteiger partial charge in [0.15, 0.2) is 0 Å². The number of aliphatic carboxylic acids is 1. The van der Waals surface area contributed by atoms with Crippen molar-refractivity contribution in [3.8, 4) is 5.75 Å². The lowest BCUT2D eigenvalue weighted by Crippen LogP contribution is -2.58. The molecule has 3 amide bonds.